The van der Waals surface area contributed by atoms with E-state index in [1.165, 1.54) is 6.20 Å². The van der Waals surface area contributed by atoms with Crippen molar-refractivity contribution in [3.8, 4) is 21.7 Å². The zero-order valence-electron chi connectivity index (χ0n) is 14.3. The lowest BCUT2D eigenvalue weighted by Gasteiger charge is -2.13. The number of anilines is 2. The number of urea groups is 1. The molecule has 1 aliphatic rings. The number of thiophene rings is 1. The van der Waals surface area contributed by atoms with Crippen molar-refractivity contribution in [3.05, 3.63) is 60.9 Å². The van der Waals surface area contributed by atoms with Crippen molar-refractivity contribution in [2.24, 2.45) is 0 Å². The van der Waals surface area contributed by atoms with Gasteiger partial charge in [0.1, 0.15) is 11.1 Å². The third-order valence-corrected chi connectivity index (χ3v) is 6.41. The highest BCUT2D eigenvalue weighted by Crippen LogP contribution is 2.52. The van der Waals surface area contributed by atoms with E-state index in [1.807, 2.05) is 42.5 Å². The molecule has 0 radical (unpaired) electrons. The van der Waals surface area contributed by atoms with Crippen LogP contribution >= 0.6 is 10.5 Å². The maximum atomic E-state index is 12.1. The van der Waals surface area contributed by atoms with Crippen LogP contribution in [0.5, 0.6) is 0 Å². The molecule has 0 saturated heterocycles. The Labute approximate surface area is 161 Å². The summed E-state index contributed by atoms with van der Waals surface area (Å²) in [6.45, 7) is 0. The van der Waals surface area contributed by atoms with Crippen LogP contribution in [0.2, 0.25) is 0 Å². The first kappa shape index (κ1) is 16.4. The van der Waals surface area contributed by atoms with Crippen LogP contribution in [0, 0.1) is 0 Å². The molecule has 1 atom stereocenters. The summed E-state index contributed by atoms with van der Waals surface area (Å²) in [7, 11) is -1.42. The molecular weight excluding hydrogens is 376 g/mol. The third-order valence-electron chi connectivity index (χ3n) is 4.53. The van der Waals surface area contributed by atoms with Gasteiger partial charge in [-0.05, 0) is 30.3 Å². The number of carbonyl (C=O) groups excluding carboxylic acids is 2. The standard InChI is InChI=1S/C20H12N4O3S/c25-19-23-14-7-9-22-18-15(14)16(24-19)17(28(18)20(26)27)12-5-3-4-11(10-12)13-6-1-2-8-21-13/h1-10H,(H2-,22,23,24,25,26,27). The van der Waals surface area contributed by atoms with Crippen LogP contribution in [0.3, 0.4) is 0 Å². The topological polar surface area (TPSA) is 107 Å². The van der Waals surface area contributed by atoms with Crippen molar-refractivity contribution in [1.82, 2.24) is 9.97 Å². The number of hydrogen-bond acceptors (Lipinski definition) is 5. The summed E-state index contributed by atoms with van der Waals surface area (Å²) in [5.41, 5.74) is 3.30. The fraction of sp³-hybridized carbons (Fsp3) is 0. The van der Waals surface area contributed by atoms with Gasteiger partial charge in [0.2, 0.25) is 4.88 Å². The number of nitrogens with zero attached hydrogens (tertiary/aromatic N) is 2. The molecule has 0 saturated carbocycles. The van der Waals surface area contributed by atoms with Crippen molar-refractivity contribution in [3.63, 3.8) is 0 Å². The van der Waals surface area contributed by atoms with E-state index in [-0.39, 0.29) is 0 Å². The van der Waals surface area contributed by atoms with E-state index < -0.39 is 21.8 Å². The van der Waals surface area contributed by atoms with Crippen LogP contribution in [0.4, 0.5) is 21.0 Å². The Morgan fingerprint density at radius 3 is 2.61 bits per heavy atom. The molecule has 0 aliphatic carbocycles. The van der Waals surface area contributed by atoms with Crippen LogP contribution in [0.1, 0.15) is 0 Å². The van der Waals surface area contributed by atoms with Gasteiger partial charge < -0.3 is 20.5 Å². The van der Waals surface area contributed by atoms with Crippen LogP contribution in [-0.2, 0) is 0 Å². The number of benzene rings is 1. The van der Waals surface area contributed by atoms with E-state index in [9.17, 15) is 14.7 Å². The summed E-state index contributed by atoms with van der Waals surface area (Å²) < 4.78 is 0. The van der Waals surface area contributed by atoms with E-state index in [4.69, 9.17) is 0 Å². The number of nitrogens with one attached hydrogen (secondary N) is 2. The predicted octanol–water partition coefficient (Wildman–Crippen LogP) is 3.86. The minimum absolute atomic E-state index is 0.387. The Balaban J connectivity index is 1.82. The molecule has 1 unspecified atom stereocenters. The summed E-state index contributed by atoms with van der Waals surface area (Å²) >= 11 is 0. The molecule has 0 fully saturated rings. The number of rotatable bonds is 3. The number of carboxylic acid groups (broad SMARTS) is 1. The van der Waals surface area contributed by atoms with E-state index in [1.54, 1.807) is 12.3 Å². The minimum atomic E-state index is -1.42. The Kier molecular flexibility index (Phi) is 3.59. The van der Waals surface area contributed by atoms with Gasteiger partial charge in [-0.2, -0.15) is 0 Å². The number of aromatic nitrogens is 2. The summed E-state index contributed by atoms with van der Waals surface area (Å²) in [6, 6.07) is 14.3. The van der Waals surface area contributed by atoms with Gasteiger partial charge in [-0.3, -0.25) is 4.98 Å². The monoisotopic (exact) mass is 388 g/mol. The van der Waals surface area contributed by atoms with Crippen LogP contribution in [0.25, 0.3) is 31.9 Å². The first-order chi connectivity index (χ1) is 13.6. The SMILES string of the molecule is O=C1Nc2ccnc3c2c(c(-c2cccc(-c4ccccn4)c2)[s+]3C(=O)[O-])N1. The van der Waals surface area contributed by atoms with Crippen LogP contribution in [-0.4, -0.2) is 21.3 Å². The first-order valence-corrected chi connectivity index (χ1v) is 9.65. The minimum Gasteiger partial charge on any atom is -0.500 e. The largest absolute Gasteiger partial charge is 0.500 e. The van der Waals surface area contributed by atoms with Gasteiger partial charge in [0, 0.05) is 23.5 Å². The molecular formula is C20H12N4O3S. The molecule has 8 heteroatoms. The van der Waals surface area contributed by atoms with Crippen LogP contribution < -0.4 is 15.7 Å². The first-order valence-electron chi connectivity index (χ1n) is 8.42. The molecule has 1 aromatic carbocycles. The summed E-state index contributed by atoms with van der Waals surface area (Å²) in [4.78, 5) is 33.7. The van der Waals surface area contributed by atoms with Gasteiger partial charge in [0.25, 0.3) is 4.83 Å². The highest BCUT2D eigenvalue weighted by atomic mass is 32.2. The van der Waals surface area contributed by atoms with E-state index in [2.05, 4.69) is 20.6 Å². The molecule has 2 amide bonds. The zero-order chi connectivity index (χ0) is 19.3. The molecule has 5 rings (SSSR count). The number of pyridine rings is 2. The quantitative estimate of drug-likeness (QED) is 0.518. The molecule has 3 aromatic heterocycles. The van der Waals surface area contributed by atoms with Crippen molar-refractivity contribution in [2.75, 3.05) is 10.6 Å². The second kappa shape index (κ2) is 6.14. The Bertz CT molecular complexity index is 1270. The van der Waals surface area contributed by atoms with Gasteiger partial charge in [0.15, 0.2) is 0 Å². The summed E-state index contributed by atoms with van der Waals surface area (Å²) in [6.07, 6.45) is 3.19. The smallest absolute Gasteiger partial charge is 0.323 e. The second-order valence-electron chi connectivity index (χ2n) is 6.17. The average molecular weight is 388 g/mol. The lowest BCUT2D eigenvalue weighted by atomic mass is 10.0. The number of hydrogen-bond donors (Lipinski definition) is 2. The molecule has 2 N–H and O–H groups in total. The van der Waals surface area contributed by atoms with E-state index in [0.717, 1.165) is 11.3 Å². The Hall–Kier alpha value is -3.78. The molecule has 0 bridgehead atoms. The normalized spacial score (nSPS) is 13.1. The Morgan fingerprint density at radius 2 is 1.82 bits per heavy atom. The lowest BCUT2D eigenvalue weighted by molar-refractivity contribution is -0.233. The molecule has 28 heavy (non-hydrogen) atoms. The third kappa shape index (κ3) is 2.43. The van der Waals surface area contributed by atoms with Gasteiger partial charge in [-0.25, -0.2) is 9.78 Å². The highest BCUT2D eigenvalue weighted by Gasteiger charge is 2.36. The molecule has 4 aromatic rings. The average Bonchev–Trinajstić information content (AvgIpc) is 3.04. The van der Waals surface area contributed by atoms with E-state index in [0.29, 0.717) is 32.0 Å². The molecule has 7 nitrogen and oxygen atoms in total. The summed E-state index contributed by atoms with van der Waals surface area (Å²) in [5.74, 6) is 0. The van der Waals surface area contributed by atoms with Crippen molar-refractivity contribution in [1.29, 1.82) is 0 Å². The van der Waals surface area contributed by atoms with Crippen LogP contribution in [0.15, 0.2) is 60.9 Å². The number of amides is 2. The van der Waals surface area contributed by atoms with E-state index >= 15 is 0 Å². The summed E-state index contributed by atoms with van der Waals surface area (Å²) in [5, 5.41) is 16.9. The van der Waals surface area contributed by atoms with Gasteiger partial charge in [-0.1, -0.05) is 18.2 Å². The van der Waals surface area contributed by atoms with Crippen molar-refractivity contribution >= 4 is 43.4 Å². The molecule has 1 aliphatic heterocycles. The molecule has 4 heterocycles. The molecule has 0 spiro atoms. The highest BCUT2D eigenvalue weighted by molar-refractivity contribution is 7.57. The zero-order valence-corrected chi connectivity index (χ0v) is 15.1. The van der Waals surface area contributed by atoms with Gasteiger partial charge >= 0.3 is 11.3 Å². The van der Waals surface area contributed by atoms with Crippen molar-refractivity contribution in [2.45, 2.75) is 0 Å². The lowest BCUT2D eigenvalue weighted by Crippen LogP contribution is -2.23. The fourth-order valence-corrected chi connectivity index (χ4v) is 5.24. The number of carbonyl (C=O) groups is 2. The maximum Gasteiger partial charge on any atom is 0.323 e. The Morgan fingerprint density at radius 1 is 0.964 bits per heavy atom. The molecule has 136 valence electrons. The van der Waals surface area contributed by atoms with Crippen molar-refractivity contribution < 1.29 is 14.7 Å². The second-order valence-corrected chi connectivity index (χ2v) is 7.91. The van der Waals surface area contributed by atoms with Gasteiger partial charge in [0.05, 0.1) is 21.9 Å². The maximum absolute atomic E-state index is 12.1. The fourth-order valence-electron chi connectivity index (χ4n) is 3.42. The predicted molar refractivity (Wildman–Crippen MR) is 106 cm³/mol. The van der Waals surface area contributed by atoms with Gasteiger partial charge in [-0.15, -0.1) is 0 Å².